The molecule has 3 aliphatic carbocycles. The number of Topliss-reactive ketones (excluding diaryl/α,β-unsaturated/α-hetero) is 1. The Morgan fingerprint density at radius 1 is 0.885 bits per heavy atom. The van der Waals surface area contributed by atoms with Gasteiger partial charge in [0.25, 0.3) is 5.91 Å². The van der Waals surface area contributed by atoms with Crippen molar-refractivity contribution >= 4 is 39.4 Å². The predicted octanol–water partition coefficient (Wildman–Crippen LogP) is 4.57. The molecule has 3 saturated carbocycles. The highest BCUT2D eigenvalue weighted by atomic mass is 32.2. The average molecular weight is 748 g/mol. The molecule has 52 heavy (non-hydrogen) atoms. The van der Waals surface area contributed by atoms with Gasteiger partial charge in [-0.3, -0.25) is 19.2 Å². The summed E-state index contributed by atoms with van der Waals surface area (Å²) in [5.74, 6) is -2.78. The van der Waals surface area contributed by atoms with Gasteiger partial charge < -0.3 is 26.2 Å². The van der Waals surface area contributed by atoms with Gasteiger partial charge in [-0.05, 0) is 88.9 Å². The second-order valence-corrected chi connectivity index (χ2v) is 20.4. The third-order valence-electron chi connectivity index (χ3n) is 12.5. The standard InChI is InChI=1S/C39H65N5O7S/c1-8-23-40-34(47)31(45)29(27-16-15-17-27)41-33(46)30-28(26(2)3)18-24-44(30)35(48)32(38(7)19-11-9-12-20-38)42-36(49)43-39(21-13-10-14-22-39)25-52(50,51)37(4,5)6/h8,26-30,32H,1,9-25H2,2-7H3,(H,40,47)(H,41,46)(H2,42,43,49)/t28-,29+,30+,32-/m1/s1. The van der Waals surface area contributed by atoms with E-state index in [0.29, 0.717) is 51.5 Å². The minimum absolute atomic E-state index is 0.0400. The Kier molecular flexibility index (Phi) is 13.7. The molecule has 4 aliphatic rings. The maximum atomic E-state index is 14.9. The number of urea groups is 1. The minimum Gasteiger partial charge on any atom is -0.346 e. The van der Waals surface area contributed by atoms with Crippen LogP contribution in [0.3, 0.4) is 0 Å². The molecule has 1 saturated heterocycles. The fraction of sp³-hybridized carbons (Fsp3) is 0.821. The molecule has 12 nitrogen and oxygen atoms in total. The number of sulfone groups is 1. The van der Waals surface area contributed by atoms with Crippen LogP contribution in [0.25, 0.3) is 0 Å². The highest BCUT2D eigenvalue weighted by molar-refractivity contribution is 7.92. The van der Waals surface area contributed by atoms with E-state index < -0.39 is 67.3 Å². The third-order valence-corrected chi connectivity index (χ3v) is 15.3. The summed E-state index contributed by atoms with van der Waals surface area (Å²) in [4.78, 5) is 71.0. The molecule has 13 heteroatoms. The number of ketones is 1. The smallest absolute Gasteiger partial charge is 0.315 e. The molecule has 1 heterocycles. The van der Waals surface area contributed by atoms with E-state index in [4.69, 9.17) is 0 Å². The normalized spacial score (nSPS) is 24.6. The van der Waals surface area contributed by atoms with Crippen LogP contribution in [0.5, 0.6) is 0 Å². The maximum absolute atomic E-state index is 14.9. The second kappa shape index (κ2) is 17.0. The summed E-state index contributed by atoms with van der Waals surface area (Å²) < 4.78 is 25.9. The number of rotatable bonds is 14. The van der Waals surface area contributed by atoms with Crippen molar-refractivity contribution in [2.75, 3.05) is 18.8 Å². The first kappa shape index (κ1) is 41.8. The summed E-state index contributed by atoms with van der Waals surface area (Å²) >= 11 is 0. The number of nitrogens with one attached hydrogen (secondary N) is 4. The summed E-state index contributed by atoms with van der Waals surface area (Å²) in [6.07, 6.45) is 12.2. The Labute approximate surface area is 311 Å². The van der Waals surface area contributed by atoms with Crippen LogP contribution < -0.4 is 21.3 Å². The first-order valence-corrected chi connectivity index (χ1v) is 21.3. The lowest BCUT2D eigenvalue weighted by molar-refractivity contribution is -0.146. The molecule has 0 unspecified atom stereocenters. The number of carbonyl (C=O) groups excluding carboxylic acids is 5. The fourth-order valence-corrected chi connectivity index (χ4v) is 10.3. The molecule has 0 aromatic heterocycles. The van der Waals surface area contributed by atoms with E-state index in [0.717, 1.165) is 44.9 Å². The van der Waals surface area contributed by atoms with Gasteiger partial charge in [-0.1, -0.05) is 71.8 Å². The molecule has 4 N–H and O–H groups in total. The van der Waals surface area contributed by atoms with Crippen LogP contribution in [0.1, 0.15) is 131 Å². The third kappa shape index (κ3) is 9.58. The van der Waals surface area contributed by atoms with Crippen molar-refractivity contribution in [2.24, 2.45) is 23.2 Å². The highest BCUT2D eigenvalue weighted by Gasteiger charge is 2.51. The van der Waals surface area contributed by atoms with Gasteiger partial charge in [0.15, 0.2) is 9.84 Å². The fourth-order valence-electron chi connectivity index (χ4n) is 8.77. The van der Waals surface area contributed by atoms with Crippen molar-refractivity contribution in [3.63, 3.8) is 0 Å². The summed E-state index contributed by atoms with van der Waals surface area (Å²) in [6.45, 7) is 15.1. The van der Waals surface area contributed by atoms with Crippen molar-refractivity contribution in [2.45, 2.75) is 160 Å². The molecule has 0 aromatic carbocycles. The maximum Gasteiger partial charge on any atom is 0.315 e. The number of likely N-dealkylation sites (tertiary alicyclic amines) is 1. The van der Waals surface area contributed by atoms with Crippen LogP contribution >= 0.6 is 0 Å². The number of hydrogen-bond donors (Lipinski definition) is 4. The summed E-state index contributed by atoms with van der Waals surface area (Å²) in [7, 11) is -3.57. The molecule has 4 rings (SSSR count). The zero-order valence-electron chi connectivity index (χ0n) is 32.5. The molecule has 4 fully saturated rings. The molecule has 5 amide bonds. The molecular formula is C39H65N5O7S. The largest absolute Gasteiger partial charge is 0.346 e. The van der Waals surface area contributed by atoms with Gasteiger partial charge in [0.05, 0.1) is 16.0 Å². The van der Waals surface area contributed by atoms with E-state index in [-0.39, 0.29) is 36.0 Å². The van der Waals surface area contributed by atoms with Gasteiger partial charge >= 0.3 is 6.03 Å². The van der Waals surface area contributed by atoms with Gasteiger partial charge in [0, 0.05) is 13.1 Å². The molecule has 4 atom stereocenters. The number of carbonyl (C=O) groups is 5. The summed E-state index contributed by atoms with van der Waals surface area (Å²) in [5, 5.41) is 11.6. The number of hydrogen-bond acceptors (Lipinski definition) is 7. The minimum atomic E-state index is -3.57. The molecule has 0 spiro atoms. The SMILES string of the molecule is C=CCNC(=O)C(=O)[C@@H](NC(=O)[C@@H]1[C@@H](C(C)C)CCN1C(=O)[C@@H](NC(=O)NC1(CS(=O)(=O)C(C)(C)C)CCCCC1)C1(C)CCCCC1)C1CCC1. The van der Waals surface area contributed by atoms with Gasteiger partial charge in [0.2, 0.25) is 17.6 Å². The van der Waals surface area contributed by atoms with Crippen molar-refractivity contribution in [3.8, 4) is 0 Å². The molecule has 0 radical (unpaired) electrons. The van der Waals surface area contributed by atoms with E-state index in [1.165, 1.54) is 6.08 Å². The Balaban J connectivity index is 1.62. The van der Waals surface area contributed by atoms with Crippen molar-refractivity contribution < 1.29 is 32.4 Å². The van der Waals surface area contributed by atoms with Crippen LogP contribution in [0.2, 0.25) is 0 Å². The van der Waals surface area contributed by atoms with E-state index in [1.807, 2.05) is 20.8 Å². The van der Waals surface area contributed by atoms with Crippen LogP contribution in [-0.4, -0.2) is 90.1 Å². The molecule has 294 valence electrons. The van der Waals surface area contributed by atoms with Gasteiger partial charge in [-0.15, -0.1) is 6.58 Å². The Hall–Kier alpha value is -2.96. The van der Waals surface area contributed by atoms with Gasteiger partial charge in [-0.25, -0.2) is 13.2 Å². The molecule has 0 aromatic rings. The van der Waals surface area contributed by atoms with Gasteiger partial charge in [-0.2, -0.15) is 0 Å². The molecule has 1 aliphatic heterocycles. The number of amides is 5. The van der Waals surface area contributed by atoms with E-state index in [9.17, 15) is 32.4 Å². The zero-order chi connectivity index (χ0) is 38.5. The van der Waals surface area contributed by atoms with E-state index in [1.54, 1.807) is 25.7 Å². The Bertz CT molecular complexity index is 1440. The summed E-state index contributed by atoms with van der Waals surface area (Å²) in [6, 6.07) is -3.41. The molecule has 0 bridgehead atoms. The van der Waals surface area contributed by atoms with E-state index >= 15 is 0 Å². The first-order valence-electron chi connectivity index (χ1n) is 19.7. The first-order chi connectivity index (χ1) is 24.3. The number of nitrogens with zero attached hydrogens (tertiary/aromatic N) is 1. The van der Waals surface area contributed by atoms with Crippen molar-refractivity contribution in [1.82, 2.24) is 26.2 Å². The van der Waals surface area contributed by atoms with E-state index in [2.05, 4.69) is 27.8 Å². The van der Waals surface area contributed by atoms with Crippen LogP contribution in [0.15, 0.2) is 12.7 Å². The lowest BCUT2D eigenvalue weighted by Gasteiger charge is -2.44. The Morgan fingerprint density at radius 2 is 1.48 bits per heavy atom. The topological polar surface area (TPSA) is 171 Å². The van der Waals surface area contributed by atoms with Crippen LogP contribution in [0, 0.1) is 23.2 Å². The van der Waals surface area contributed by atoms with Crippen molar-refractivity contribution in [3.05, 3.63) is 12.7 Å². The molecular weight excluding hydrogens is 683 g/mol. The lowest BCUT2D eigenvalue weighted by Crippen LogP contribution is -2.65. The monoisotopic (exact) mass is 747 g/mol. The van der Waals surface area contributed by atoms with Gasteiger partial charge in [0.1, 0.15) is 18.1 Å². The van der Waals surface area contributed by atoms with Crippen LogP contribution in [0.4, 0.5) is 4.79 Å². The lowest BCUT2D eigenvalue weighted by atomic mass is 9.70. The Morgan fingerprint density at radius 3 is 2.00 bits per heavy atom. The predicted molar refractivity (Wildman–Crippen MR) is 202 cm³/mol. The highest BCUT2D eigenvalue weighted by Crippen LogP contribution is 2.42. The zero-order valence-corrected chi connectivity index (χ0v) is 33.3. The average Bonchev–Trinajstić information content (AvgIpc) is 3.50. The second-order valence-electron chi connectivity index (χ2n) is 17.7. The van der Waals surface area contributed by atoms with Crippen LogP contribution in [-0.2, 0) is 29.0 Å². The van der Waals surface area contributed by atoms with Crippen molar-refractivity contribution in [1.29, 1.82) is 0 Å². The summed E-state index contributed by atoms with van der Waals surface area (Å²) in [5.41, 5.74) is -1.54. The quantitative estimate of drug-likeness (QED) is 0.149.